The van der Waals surface area contributed by atoms with Gasteiger partial charge in [0.05, 0.1) is 11.2 Å². The second-order valence-electron chi connectivity index (χ2n) is 2.67. The van der Waals surface area contributed by atoms with E-state index in [-0.39, 0.29) is 5.75 Å². The van der Waals surface area contributed by atoms with Crippen LogP contribution < -0.4 is 0 Å². The topological polar surface area (TPSA) is 48.9 Å². The second kappa shape index (κ2) is 2.38. The highest BCUT2D eigenvalue weighted by Crippen LogP contribution is 2.30. The van der Waals surface area contributed by atoms with E-state index in [0.717, 1.165) is 11.1 Å². The lowest BCUT2D eigenvalue weighted by Gasteiger charge is -1.95. The summed E-state index contributed by atoms with van der Waals surface area (Å²) in [5.74, 6) is 0.0168. The molecule has 2 N–H and O–H groups in total. The van der Waals surface area contributed by atoms with Crippen molar-refractivity contribution < 1.29 is 5.11 Å². The van der Waals surface area contributed by atoms with Gasteiger partial charge in [0.2, 0.25) is 0 Å². The van der Waals surface area contributed by atoms with E-state index in [1.54, 1.807) is 0 Å². The Balaban J connectivity index is 2.89. The van der Waals surface area contributed by atoms with E-state index >= 15 is 0 Å². The summed E-state index contributed by atoms with van der Waals surface area (Å²) in [6.07, 6.45) is 1.33. The van der Waals surface area contributed by atoms with E-state index in [2.05, 4.69) is 9.97 Å². The van der Waals surface area contributed by atoms with Crippen LogP contribution in [0.4, 0.5) is 0 Å². The van der Waals surface area contributed by atoms with Crippen LogP contribution in [0.2, 0.25) is 5.02 Å². The molecule has 12 heavy (non-hydrogen) atoms. The van der Waals surface area contributed by atoms with Crippen molar-refractivity contribution in [2.45, 2.75) is 6.92 Å². The Kier molecular flexibility index (Phi) is 1.48. The number of pyridine rings is 1. The van der Waals surface area contributed by atoms with Gasteiger partial charge in [-0.05, 0) is 13.0 Å². The Morgan fingerprint density at radius 1 is 1.58 bits per heavy atom. The smallest absolute Gasteiger partial charge is 0.153 e. The summed E-state index contributed by atoms with van der Waals surface area (Å²) < 4.78 is 0. The first kappa shape index (κ1) is 7.43. The maximum Gasteiger partial charge on any atom is 0.153 e. The van der Waals surface area contributed by atoms with E-state index < -0.39 is 0 Å². The first-order chi connectivity index (χ1) is 5.68. The molecule has 0 saturated heterocycles. The van der Waals surface area contributed by atoms with Crippen LogP contribution in [0.25, 0.3) is 11.0 Å². The van der Waals surface area contributed by atoms with Crippen LogP contribution in [-0.4, -0.2) is 15.1 Å². The molecule has 0 aliphatic heterocycles. The van der Waals surface area contributed by atoms with Crippen LogP contribution in [0, 0.1) is 6.92 Å². The fourth-order valence-corrected chi connectivity index (χ4v) is 1.36. The number of nitrogens with one attached hydrogen (secondary N) is 1. The number of hydrogen-bond acceptors (Lipinski definition) is 2. The zero-order chi connectivity index (χ0) is 8.72. The van der Waals surface area contributed by atoms with Crippen LogP contribution in [0.3, 0.4) is 0 Å². The number of fused-ring (bicyclic) bond motifs is 1. The van der Waals surface area contributed by atoms with Crippen molar-refractivity contribution in [2.24, 2.45) is 0 Å². The van der Waals surface area contributed by atoms with Gasteiger partial charge in [0.15, 0.2) is 5.75 Å². The number of aromatic amines is 1. The number of H-pyrrole nitrogens is 1. The van der Waals surface area contributed by atoms with E-state index in [0.29, 0.717) is 10.7 Å². The molecule has 62 valence electrons. The van der Waals surface area contributed by atoms with Gasteiger partial charge in [-0.2, -0.15) is 0 Å². The Labute approximate surface area is 74.0 Å². The maximum absolute atomic E-state index is 9.22. The molecule has 2 aromatic rings. The Morgan fingerprint density at radius 2 is 2.33 bits per heavy atom. The predicted molar refractivity (Wildman–Crippen MR) is 47.5 cm³/mol. The molecule has 0 amide bonds. The highest BCUT2D eigenvalue weighted by atomic mass is 35.5. The molecule has 0 radical (unpaired) electrons. The molecule has 2 heterocycles. The molecular weight excluding hydrogens is 176 g/mol. The fourth-order valence-electron chi connectivity index (χ4n) is 1.16. The predicted octanol–water partition coefficient (Wildman–Crippen LogP) is 2.23. The third kappa shape index (κ3) is 0.940. The Bertz CT molecular complexity index is 436. The van der Waals surface area contributed by atoms with Crippen molar-refractivity contribution >= 4 is 22.6 Å². The molecule has 0 aliphatic rings. The molecule has 0 unspecified atom stereocenters. The summed E-state index contributed by atoms with van der Waals surface area (Å²) in [6, 6.07) is 1.85. The molecule has 2 aromatic heterocycles. The van der Waals surface area contributed by atoms with Gasteiger partial charge < -0.3 is 10.1 Å². The lowest BCUT2D eigenvalue weighted by atomic mass is 10.3. The summed E-state index contributed by atoms with van der Waals surface area (Å²) >= 11 is 5.83. The van der Waals surface area contributed by atoms with E-state index in [1.165, 1.54) is 6.20 Å². The second-order valence-corrected chi connectivity index (χ2v) is 3.05. The highest BCUT2D eigenvalue weighted by molar-refractivity contribution is 6.36. The fraction of sp³-hybridized carbons (Fsp3) is 0.125. The number of halogens is 1. The largest absolute Gasteiger partial charge is 0.505 e. The van der Waals surface area contributed by atoms with E-state index in [9.17, 15) is 5.11 Å². The molecule has 0 spiro atoms. The molecule has 0 aliphatic carbocycles. The van der Waals surface area contributed by atoms with Gasteiger partial charge in [0.1, 0.15) is 5.65 Å². The van der Waals surface area contributed by atoms with Gasteiger partial charge in [-0.1, -0.05) is 11.6 Å². The van der Waals surface area contributed by atoms with Gasteiger partial charge in [-0.15, -0.1) is 0 Å². The minimum Gasteiger partial charge on any atom is -0.505 e. The van der Waals surface area contributed by atoms with Crippen molar-refractivity contribution in [2.75, 3.05) is 0 Å². The van der Waals surface area contributed by atoms with Gasteiger partial charge in [0.25, 0.3) is 0 Å². The number of hydrogen-bond donors (Lipinski definition) is 2. The van der Waals surface area contributed by atoms with Crippen molar-refractivity contribution in [3.05, 3.63) is 23.0 Å². The maximum atomic E-state index is 9.22. The summed E-state index contributed by atoms with van der Waals surface area (Å²) in [5, 5.41) is 10.3. The molecule has 0 aromatic carbocycles. The lowest BCUT2D eigenvalue weighted by molar-refractivity contribution is 0.474. The Morgan fingerprint density at radius 3 is 3.08 bits per heavy atom. The first-order valence-corrected chi connectivity index (χ1v) is 3.89. The third-order valence-electron chi connectivity index (χ3n) is 1.71. The quantitative estimate of drug-likeness (QED) is 0.657. The highest BCUT2D eigenvalue weighted by Gasteiger charge is 2.06. The third-order valence-corrected chi connectivity index (χ3v) is 2.11. The molecule has 3 nitrogen and oxygen atoms in total. The average Bonchev–Trinajstić information content (AvgIpc) is 2.39. The molecular formula is C8H7ClN2O. The molecule has 2 rings (SSSR count). The molecule has 4 heteroatoms. The normalized spacial score (nSPS) is 10.8. The van der Waals surface area contributed by atoms with Crippen molar-refractivity contribution in [3.63, 3.8) is 0 Å². The summed E-state index contributed by atoms with van der Waals surface area (Å²) in [4.78, 5) is 6.99. The molecule has 0 atom stereocenters. The van der Waals surface area contributed by atoms with Crippen LogP contribution >= 0.6 is 11.6 Å². The van der Waals surface area contributed by atoms with Crippen molar-refractivity contribution in [1.82, 2.24) is 9.97 Å². The number of rotatable bonds is 0. The molecule has 0 fully saturated rings. The first-order valence-electron chi connectivity index (χ1n) is 3.51. The van der Waals surface area contributed by atoms with Gasteiger partial charge in [-0.3, -0.25) is 0 Å². The van der Waals surface area contributed by atoms with Crippen LogP contribution in [0.15, 0.2) is 12.3 Å². The minimum atomic E-state index is 0.0168. The van der Waals surface area contributed by atoms with Crippen molar-refractivity contribution in [1.29, 1.82) is 0 Å². The zero-order valence-corrected chi connectivity index (χ0v) is 7.18. The Hall–Kier alpha value is -1.22. The molecule has 0 bridgehead atoms. The standard InChI is InChI=1S/C8H7ClN2O/c1-4-2-5-7(9)6(12)3-10-8(5)11-4/h2-3,12H,1H3,(H,10,11). The lowest BCUT2D eigenvalue weighted by Crippen LogP contribution is -1.77. The van der Waals surface area contributed by atoms with Gasteiger partial charge in [0, 0.05) is 11.1 Å². The minimum absolute atomic E-state index is 0.0168. The number of aromatic nitrogens is 2. The summed E-state index contributed by atoms with van der Waals surface area (Å²) in [7, 11) is 0. The zero-order valence-electron chi connectivity index (χ0n) is 6.43. The SMILES string of the molecule is Cc1cc2c(Cl)c(O)cnc2[nH]1. The number of aryl methyl sites for hydroxylation is 1. The summed E-state index contributed by atoms with van der Waals surface area (Å²) in [5.41, 5.74) is 1.68. The van der Waals surface area contributed by atoms with Crippen LogP contribution in [0.5, 0.6) is 5.75 Å². The van der Waals surface area contributed by atoms with Gasteiger partial charge >= 0.3 is 0 Å². The van der Waals surface area contributed by atoms with Gasteiger partial charge in [-0.25, -0.2) is 4.98 Å². The monoisotopic (exact) mass is 182 g/mol. The number of aromatic hydroxyl groups is 1. The molecule has 0 saturated carbocycles. The summed E-state index contributed by atoms with van der Waals surface area (Å²) in [6.45, 7) is 1.91. The van der Waals surface area contributed by atoms with E-state index in [4.69, 9.17) is 11.6 Å². The number of nitrogens with zero attached hydrogens (tertiary/aromatic N) is 1. The van der Waals surface area contributed by atoms with Crippen LogP contribution in [-0.2, 0) is 0 Å². The average molecular weight is 183 g/mol. The van der Waals surface area contributed by atoms with Crippen LogP contribution in [0.1, 0.15) is 5.69 Å². The van der Waals surface area contributed by atoms with Crippen molar-refractivity contribution in [3.8, 4) is 5.75 Å². The van der Waals surface area contributed by atoms with E-state index in [1.807, 2.05) is 13.0 Å².